The number of nitriles is 1. The van der Waals surface area contributed by atoms with Crippen LogP contribution in [-0.4, -0.2) is 18.4 Å². The third-order valence-electron chi connectivity index (χ3n) is 3.41. The Labute approximate surface area is 170 Å². The maximum absolute atomic E-state index is 12.1. The van der Waals surface area contributed by atoms with Gasteiger partial charge in [0.1, 0.15) is 12.2 Å². The monoisotopic (exact) mass is 449 g/mol. The maximum atomic E-state index is 12.1. The van der Waals surface area contributed by atoms with Crippen LogP contribution in [0.1, 0.15) is 19.3 Å². The Morgan fingerprint density at radius 1 is 1.11 bits per heavy atom. The first kappa shape index (κ1) is 20.7. The van der Waals surface area contributed by atoms with Crippen molar-refractivity contribution in [3.63, 3.8) is 0 Å². The van der Waals surface area contributed by atoms with Crippen LogP contribution in [-0.2, 0) is 9.59 Å². The van der Waals surface area contributed by atoms with E-state index in [0.717, 1.165) is 4.47 Å². The van der Waals surface area contributed by atoms with E-state index in [1.165, 1.54) is 0 Å². The van der Waals surface area contributed by atoms with Crippen molar-refractivity contribution in [1.82, 2.24) is 0 Å². The van der Waals surface area contributed by atoms with E-state index in [9.17, 15) is 9.59 Å². The number of benzene rings is 2. The van der Waals surface area contributed by atoms with Gasteiger partial charge in [-0.3, -0.25) is 9.59 Å². The molecule has 2 aromatic rings. The van der Waals surface area contributed by atoms with Crippen LogP contribution in [0.4, 0.5) is 11.4 Å². The molecule has 0 spiro atoms. The van der Waals surface area contributed by atoms with Crippen molar-refractivity contribution in [2.75, 3.05) is 17.2 Å². The highest BCUT2D eigenvalue weighted by Gasteiger charge is 2.09. The number of para-hydroxylation sites is 2. The summed E-state index contributed by atoms with van der Waals surface area (Å²) in [6, 6.07) is 13.9. The molecule has 140 valence electrons. The lowest BCUT2D eigenvalue weighted by atomic mass is 10.2. The van der Waals surface area contributed by atoms with Gasteiger partial charge in [0.2, 0.25) is 11.8 Å². The minimum Gasteiger partial charge on any atom is -0.492 e. The van der Waals surface area contributed by atoms with E-state index in [-0.39, 0.29) is 18.7 Å². The first-order valence-electron chi connectivity index (χ1n) is 8.13. The summed E-state index contributed by atoms with van der Waals surface area (Å²) in [5.41, 5.74) is 0.926. The van der Waals surface area contributed by atoms with E-state index >= 15 is 0 Å². The second-order valence-corrected chi connectivity index (χ2v) is 6.83. The summed E-state index contributed by atoms with van der Waals surface area (Å²) in [6.07, 6.45) is 0.494. The van der Waals surface area contributed by atoms with Crippen LogP contribution >= 0.6 is 27.5 Å². The number of hydrogen-bond donors (Lipinski definition) is 2. The van der Waals surface area contributed by atoms with Gasteiger partial charge in [0.05, 0.1) is 29.1 Å². The Bertz CT molecular complexity index is 868. The van der Waals surface area contributed by atoms with Crippen LogP contribution in [0.2, 0.25) is 5.02 Å². The molecule has 0 aliphatic heterocycles. The number of amides is 2. The molecule has 8 heteroatoms. The van der Waals surface area contributed by atoms with Crippen molar-refractivity contribution in [2.24, 2.45) is 0 Å². The number of ether oxygens (including phenoxy) is 1. The Hall–Kier alpha value is -2.56. The molecule has 0 aromatic heterocycles. The summed E-state index contributed by atoms with van der Waals surface area (Å²) in [5.74, 6) is -0.0766. The molecule has 0 aliphatic carbocycles. The SMILES string of the molecule is N#CCC(=O)Nc1ccccc1NC(=O)CCCOc1ccc(Br)cc1Cl. The molecule has 0 bridgehead atoms. The Morgan fingerprint density at radius 2 is 1.78 bits per heavy atom. The van der Waals surface area contributed by atoms with Gasteiger partial charge < -0.3 is 15.4 Å². The minimum absolute atomic E-state index is 0.206. The molecule has 27 heavy (non-hydrogen) atoms. The van der Waals surface area contributed by atoms with E-state index < -0.39 is 5.91 Å². The molecular weight excluding hydrogens is 434 g/mol. The van der Waals surface area contributed by atoms with Crippen LogP contribution in [0.5, 0.6) is 5.75 Å². The number of carbonyl (C=O) groups is 2. The van der Waals surface area contributed by atoms with Crippen molar-refractivity contribution < 1.29 is 14.3 Å². The van der Waals surface area contributed by atoms with Crippen molar-refractivity contribution >= 4 is 50.7 Å². The lowest BCUT2D eigenvalue weighted by molar-refractivity contribution is -0.117. The van der Waals surface area contributed by atoms with Crippen LogP contribution in [0.25, 0.3) is 0 Å². The van der Waals surface area contributed by atoms with E-state index in [0.29, 0.717) is 35.2 Å². The normalized spacial score (nSPS) is 9.96. The summed E-state index contributed by atoms with van der Waals surface area (Å²) in [7, 11) is 0. The van der Waals surface area contributed by atoms with Gasteiger partial charge in [0, 0.05) is 10.9 Å². The molecule has 2 N–H and O–H groups in total. The maximum Gasteiger partial charge on any atom is 0.238 e. The predicted molar refractivity (Wildman–Crippen MR) is 108 cm³/mol. The fourth-order valence-electron chi connectivity index (χ4n) is 2.19. The van der Waals surface area contributed by atoms with Gasteiger partial charge in [0.25, 0.3) is 0 Å². The van der Waals surface area contributed by atoms with Crippen LogP contribution < -0.4 is 15.4 Å². The lowest BCUT2D eigenvalue weighted by Crippen LogP contribution is -2.16. The molecule has 6 nitrogen and oxygen atoms in total. The van der Waals surface area contributed by atoms with E-state index in [2.05, 4.69) is 26.6 Å². The molecule has 0 aliphatic rings. The summed E-state index contributed by atoms with van der Waals surface area (Å²) in [6.45, 7) is 0.343. The molecule has 2 amide bonds. The average molecular weight is 451 g/mol. The van der Waals surface area contributed by atoms with Gasteiger partial charge in [-0.1, -0.05) is 39.7 Å². The second kappa shape index (κ2) is 10.6. The van der Waals surface area contributed by atoms with Crippen molar-refractivity contribution in [3.8, 4) is 11.8 Å². The van der Waals surface area contributed by atoms with Gasteiger partial charge in [0.15, 0.2) is 0 Å². The van der Waals surface area contributed by atoms with Gasteiger partial charge >= 0.3 is 0 Å². The molecule has 0 saturated heterocycles. The molecule has 2 aromatic carbocycles. The second-order valence-electron chi connectivity index (χ2n) is 5.50. The zero-order valence-electron chi connectivity index (χ0n) is 14.3. The van der Waals surface area contributed by atoms with Crippen molar-refractivity contribution in [1.29, 1.82) is 5.26 Å². The number of carbonyl (C=O) groups excluding carboxylic acids is 2. The molecule has 0 saturated carbocycles. The average Bonchev–Trinajstić information content (AvgIpc) is 2.62. The zero-order valence-corrected chi connectivity index (χ0v) is 16.6. The van der Waals surface area contributed by atoms with Crippen LogP contribution in [0, 0.1) is 11.3 Å². The summed E-state index contributed by atoms with van der Waals surface area (Å²) < 4.78 is 6.44. The number of rotatable bonds is 8. The number of hydrogen-bond acceptors (Lipinski definition) is 4. The van der Waals surface area contributed by atoms with E-state index in [4.69, 9.17) is 21.6 Å². The molecular formula is C19H17BrClN3O3. The first-order valence-corrected chi connectivity index (χ1v) is 9.30. The molecule has 0 radical (unpaired) electrons. The van der Waals surface area contributed by atoms with Crippen LogP contribution in [0.3, 0.4) is 0 Å². The highest BCUT2D eigenvalue weighted by Crippen LogP contribution is 2.28. The van der Waals surface area contributed by atoms with Crippen molar-refractivity contribution in [2.45, 2.75) is 19.3 Å². The summed E-state index contributed by atoms with van der Waals surface area (Å²) >= 11 is 9.39. The standard InChI is InChI=1S/C19H17BrClN3O3/c20-13-7-8-17(14(21)12-13)27-11-3-6-18(25)23-15-4-1-2-5-16(15)24-19(26)9-10-22/h1-2,4-5,7-8,12H,3,6,9,11H2,(H,23,25)(H,24,26). The van der Waals surface area contributed by atoms with Gasteiger partial charge in [-0.05, 0) is 36.8 Å². The minimum atomic E-state index is -0.432. The van der Waals surface area contributed by atoms with Gasteiger partial charge in [-0.15, -0.1) is 0 Å². The van der Waals surface area contributed by atoms with E-state index in [1.807, 2.05) is 6.07 Å². The number of anilines is 2. The first-order chi connectivity index (χ1) is 13.0. The predicted octanol–water partition coefficient (Wildman–Crippen LogP) is 4.75. The summed E-state index contributed by atoms with van der Waals surface area (Å²) in [4.78, 5) is 23.7. The van der Waals surface area contributed by atoms with Gasteiger partial charge in [-0.2, -0.15) is 5.26 Å². The number of nitrogens with zero attached hydrogens (tertiary/aromatic N) is 1. The van der Waals surface area contributed by atoms with E-state index in [1.54, 1.807) is 42.5 Å². The fourth-order valence-corrected chi connectivity index (χ4v) is 2.92. The topological polar surface area (TPSA) is 91.2 Å². The molecule has 0 fully saturated rings. The highest BCUT2D eigenvalue weighted by atomic mass is 79.9. The number of nitrogens with one attached hydrogen (secondary N) is 2. The largest absolute Gasteiger partial charge is 0.492 e. The molecule has 0 atom stereocenters. The fraction of sp³-hybridized carbons (Fsp3) is 0.211. The zero-order chi connectivity index (χ0) is 19.6. The number of halogens is 2. The molecule has 2 rings (SSSR count). The van der Waals surface area contributed by atoms with Crippen LogP contribution in [0.15, 0.2) is 46.9 Å². The Balaban J connectivity index is 1.82. The smallest absolute Gasteiger partial charge is 0.238 e. The molecule has 0 unspecified atom stereocenters. The third kappa shape index (κ3) is 6.93. The lowest BCUT2D eigenvalue weighted by Gasteiger charge is -2.12. The highest BCUT2D eigenvalue weighted by molar-refractivity contribution is 9.10. The van der Waals surface area contributed by atoms with Crippen molar-refractivity contribution in [3.05, 3.63) is 52.0 Å². The van der Waals surface area contributed by atoms with Gasteiger partial charge in [-0.25, -0.2) is 0 Å². The Kier molecular flexibility index (Phi) is 8.11. The third-order valence-corrected chi connectivity index (χ3v) is 4.20. The molecule has 0 heterocycles. The quantitative estimate of drug-likeness (QED) is 0.568. The summed E-state index contributed by atoms with van der Waals surface area (Å²) in [5, 5.41) is 14.4. The Morgan fingerprint density at radius 3 is 2.41 bits per heavy atom.